The maximum absolute atomic E-state index is 13.1. The quantitative estimate of drug-likeness (QED) is 0.392. The Hall–Kier alpha value is -1.49. The molecule has 0 radical (unpaired) electrons. The standard InChI is InChI=1S/C10H12AsF3.C6H10O4/c1-6(11)2-3-7-4-9(13)10(14)5-8(7)12;7-5(8)3-1-2-4-6(9)10/h4-6H,2-3,11H2,1H3;1-4H2,(H,7,8)(H,9,10). The Labute approximate surface area is 147 Å². The molecule has 2 unspecified atom stereocenters. The molecular weight excluding hydrogens is 388 g/mol. The van der Waals surface area contributed by atoms with E-state index in [2.05, 4.69) is 0 Å². The smallest absolute Gasteiger partial charge is 0.303 e. The molecule has 0 heterocycles. The van der Waals surface area contributed by atoms with Crippen molar-refractivity contribution in [2.24, 2.45) is 0 Å². The summed E-state index contributed by atoms with van der Waals surface area (Å²) in [5, 5.41) is 16.3. The van der Waals surface area contributed by atoms with Gasteiger partial charge in [-0.1, -0.05) is 0 Å². The molecule has 0 fully saturated rings. The zero-order valence-electron chi connectivity index (χ0n) is 13.4. The summed E-state index contributed by atoms with van der Waals surface area (Å²) < 4.78 is 38.9. The molecule has 24 heavy (non-hydrogen) atoms. The minimum Gasteiger partial charge on any atom is -0.481 e. The van der Waals surface area contributed by atoms with Gasteiger partial charge in [0.05, 0.1) is 0 Å². The van der Waals surface area contributed by atoms with E-state index in [9.17, 15) is 22.8 Å². The summed E-state index contributed by atoms with van der Waals surface area (Å²) in [7, 11) is 0. The van der Waals surface area contributed by atoms with E-state index in [1.165, 1.54) is 0 Å². The van der Waals surface area contributed by atoms with Crippen LogP contribution in [0.25, 0.3) is 0 Å². The number of carboxylic acid groups (broad SMARTS) is 2. The summed E-state index contributed by atoms with van der Waals surface area (Å²) in [6.45, 7) is 2.03. The molecule has 4 nitrogen and oxygen atoms in total. The first kappa shape index (κ1) is 22.5. The summed E-state index contributed by atoms with van der Waals surface area (Å²) in [4.78, 5) is 19.8. The van der Waals surface area contributed by atoms with Crippen molar-refractivity contribution >= 4 is 28.8 Å². The van der Waals surface area contributed by atoms with E-state index in [1.54, 1.807) is 16.9 Å². The normalized spacial score (nSPS) is 11.4. The first-order chi connectivity index (χ1) is 11.1. The van der Waals surface area contributed by atoms with E-state index in [1.807, 2.05) is 6.92 Å². The van der Waals surface area contributed by atoms with E-state index in [4.69, 9.17) is 10.2 Å². The minimum absolute atomic E-state index is 0.0628. The van der Waals surface area contributed by atoms with Crippen molar-refractivity contribution in [2.75, 3.05) is 0 Å². The van der Waals surface area contributed by atoms with Crippen LogP contribution in [0.2, 0.25) is 4.71 Å². The molecule has 1 aromatic rings. The fourth-order valence-corrected chi connectivity index (χ4v) is 2.04. The Morgan fingerprint density at radius 3 is 1.88 bits per heavy atom. The number of aliphatic carboxylic acids is 2. The third-order valence-corrected chi connectivity index (χ3v) is 3.69. The number of carboxylic acids is 2. The number of halogens is 3. The SMILES string of the molecule is CC([AsH2])CCc1cc(F)c(F)cc1F.O=C(O)CCCCC(=O)O. The van der Waals surface area contributed by atoms with Crippen molar-refractivity contribution in [2.45, 2.75) is 50.2 Å². The third kappa shape index (κ3) is 11.1. The predicted octanol–water partition coefficient (Wildman–Crippen LogP) is 3.19. The average molecular weight is 410 g/mol. The molecule has 1 rings (SSSR count). The van der Waals surface area contributed by atoms with Crippen molar-refractivity contribution in [1.29, 1.82) is 0 Å². The van der Waals surface area contributed by atoms with Gasteiger partial charge in [-0.15, -0.1) is 0 Å². The molecule has 0 amide bonds. The number of hydrogen-bond donors (Lipinski definition) is 2. The van der Waals surface area contributed by atoms with Gasteiger partial charge in [0.2, 0.25) is 0 Å². The van der Waals surface area contributed by atoms with Crippen molar-refractivity contribution in [1.82, 2.24) is 0 Å². The first-order valence-corrected chi connectivity index (χ1v) is 8.86. The van der Waals surface area contributed by atoms with Gasteiger partial charge in [-0.25, -0.2) is 0 Å². The Morgan fingerprint density at radius 1 is 1.00 bits per heavy atom. The summed E-state index contributed by atoms with van der Waals surface area (Å²) in [6.07, 6.45) is 2.27. The summed E-state index contributed by atoms with van der Waals surface area (Å²) in [5.74, 6) is -4.50. The van der Waals surface area contributed by atoms with Crippen LogP contribution >= 0.6 is 0 Å². The average Bonchev–Trinajstić information content (AvgIpc) is 2.46. The van der Waals surface area contributed by atoms with Crippen molar-refractivity contribution in [3.8, 4) is 0 Å². The van der Waals surface area contributed by atoms with Gasteiger partial charge in [-0.2, -0.15) is 0 Å². The van der Waals surface area contributed by atoms with Crippen molar-refractivity contribution in [3.63, 3.8) is 0 Å². The largest absolute Gasteiger partial charge is 0.481 e. The fourth-order valence-electron chi connectivity index (χ4n) is 1.69. The van der Waals surface area contributed by atoms with Crippen molar-refractivity contribution < 1.29 is 33.0 Å². The predicted molar refractivity (Wildman–Crippen MR) is 86.3 cm³/mol. The van der Waals surface area contributed by atoms with E-state index < -0.39 is 29.4 Å². The molecule has 0 bridgehead atoms. The van der Waals surface area contributed by atoms with Crippen LogP contribution in [0.15, 0.2) is 12.1 Å². The summed E-state index contributed by atoms with van der Waals surface area (Å²) in [6, 6.07) is 1.55. The number of benzene rings is 1. The van der Waals surface area contributed by atoms with Gasteiger partial charge < -0.3 is 10.2 Å². The molecule has 0 aliphatic heterocycles. The Bertz CT molecular complexity index is 534. The molecule has 8 heteroatoms. The molecule has 2 atom stereocenters. The van der Waals surface area contributed by atoms with E-state index in [0.29, 0.717) is 30.0 Å². The van der Waals surface area contributed by atoms with Gasteiger partial charge in [0.25, 0.3) is 0 Å². The van der Waals surface area contributed by atoms with Gasteiger partial charge in [-0.05, 0) is 12.8 Å². The molecule has 2 N–H and O–H groups in total. The maximum atomic E-state index is 13.1. The monoisotopic (exact) mass is 410 g/mol. The van der Waals surface area contributed by atoms with Gasteiger partial charge in [-0.3, -0.25) is 9.59 Å². The topological polar surface area (TPSA) is 74.6 Å². The van der Waals surface area contributed by atoms with Crippen LogP contribution in [0.3, 0.4) is 0 Å². The summed E-state index contributed by atoms with van der Waals surface area (Å²) >= 11 is 1.56. The van der Waals surface area contributed by atoms with Gasteiger partial charge in [0.1, 0.15) is 0 Å². The van der Waals surface area contributed by atoms with Crippen LogP contribution in [0.5, 0.6) is 0 Å². The van der Waals surface area contributed by atoms with E-state index in [-0.39, 0.29) is 18.4 Å². The molecule has 0 spiro atoms. The number of carbonyl (C=O) groups is 2. The van der Waals surface area contributed by atoms with Crippen LogP contribution < -0.4 is 0 Å². The van der Waals surface area contributed by atoms with Crippen LogP contribution in [0.1, 0.15) is 44.6 Å². The third-order valence-electron chi connectivity index (χ3n) is 2.99. The minimum atomic E-state index is -1.12. The number of hydrogen-bond acceptors (Lipinski definition) is 2. The number of unbranched alkanes of at least 4 members (excludes halogenated alkanes) is 1. The number of aryl methyl sites for hydroxylation is 1. The van der Waals surface area contributed by atoms with Crippen LogP contribution in [0.4, 0.5) is 13.2 Å². The second-order valence-electron chi connectivity index (χ2n) is 5.37. The molecular formula is C16H22AsF3O4. The Morgan fingerprint density at radius 2 is 1.46 bits per heavy atom. The zero-order valence-corrected chi connectivity index (χ0v) is 15.8. The summed E-state index contributed by atoms with van der Waals surface area (Å²) in [5.41, 5.74) is 0.258. The fraction of sp³-hybridized carbons (Fsp3) is 0.500. The van der Waals surface area contributed by atoms with Crippen molar-refractivity contribution in [3.05, 3.63) is 35.1 Å². The molecule has 0 aromatic heterocycles. The van der Waals surface area contributed by atoms with Gasteiger partial charge >= 0.3 is 102 Å². The Kier molecular flexibility index (Phi) is 11.2. The zero-order chi connectivity index (χ0) is 18.7. The van der Waals surface area contributed by atoms with Gasteiger partial charge in [0, 0.05) is 12.8 Å². The molecule has 0 saturated heterocycles. The molecule has 0 saturated carbocycles. The first-order valence-electron chi connectivity index (χ1n) is 7.46. The van der Waals surface area contributed by atoms with Crippen LogP contribution in [-0.2, 0) is 16.0 Å². The number of rotatable bonds is 8. The van der Waals surface area contributed by atoms with Gasteiger partial charge in [0.15, 0.2) is 0 Å². The van der Waals surface area contributed by atoms with E-state index >= 15 is 0 Å². The Balaban J connectivity index is 0.000000470. The maximum Gasteiger partial charge on any atom is 0.303 e. The molecule has 0 aliphatic rings. The second kappa shape index (κ2) is 12.0. The molecule has 1 aromatic carbocycles. The van der Waals surface area contributed by atoms with Crippen LogP contribution in [0, 0.1) is 17.5 Å². The molecule has 136 valence electrons. The molecule has 0 aliphatic carbocycles. The second-order valence-corrected chi connectivity index (χ2v) is 7.76. The van der Waals surface area contributed by atoms with E-state index in [0.717, 1.165) is 12.5 Å². The van der Waals surface area contributed by atoms with Crippen LogP contribution in [-0.4, -0.2) is 39.0 Å².